The van der Waals surface area contributed by atoms with Gasteiger partial charge in [0.15, 0.2) is 0 Å². The Balaban J connectivity index is 1.38. The number of nitrogens with zero attached hydrogens (tertiary/aromatic N) is 3. The summed E-state index contributed by atoms with van der Waals surface area (Å²) in [5, 5.41) is 9.65. The van der Waals surface area contributed by atoms with Gasteiger partial charge in [-0.1, -0.05) is 18.2 Å². The molecule has 222 valence electrons. The zero-order valence-corrected chi connectivity index (χ0v) is 24.8. The summed E-state index contributed by atoms with van der Waals surface area (Å²) in [6.07, 6.45) is 0. The number of fused-ring (bicyclic) bond motifs is 1. The number of piperazine rings is 1. The molecule has 1 amide bonds. The number of nitrogens with one attached hydrogen (secondary N) is 2. The number of hydrogen-bond donors (Lipinski definition) is 3. The highest BCUT2D eigenvalue weighted by Crippen LogP contribution is 2.22. The average Bonchev–Trinajstić information content (AvgIpc) is 2.96. The summed E-state index contributed by atoms with van der Waals surface area (Å²) in [6, 6.07) is 14.6. The molecule has 1 unspecified atom stereocenters. The number of sulfonamides is 2. The summed E-state index contributed by atoms with van der Waals surface area (Å²) in [5.74, 6) is -0.315. The lowest BCUT2D eigenvalue weighted by atomic mass is 10.1. The van der Waals surface area contributed by atoms with Crippen molar-refractivity contribution in [3.8, 4) is 5.75 Å². The first-order chi connectivity index (χ1) is 19.4. The lowest BCUT2D eigenvalue weighted by molar-refractivity contribution is -0.135. The first-order valence-electron chi connectivity index (χ1n) is 13.2. The molecule has 0 radical (unpaired) electrons. The van der Waals surface area contributed by atoms with E-state index in [1.165, 1.54) is 16.4 Å². The first-order valence-corrected chi connectivity index (χ1v) is 16.2. The molecule has 1 atom stereocenters. The molecule has 0 spiro atoms. The molecular weight excluding hydrogens is 570 g/mol. The molecule has 1 fully saturated rings. The van der Waals surface area contributed by atoms with Gasteiger partial charge in [-0.2, -0.15) is 4.31 Å². The topological polar surface area (TPSA) is 158 Å². The fourth-order valence-electron chi connectivity index (χ4n) is 4.69. The molecule has 2 aromatic carbocycles. The van der Waals surface area contributed by atoms with Crippen molar-refractivity contribution in [2.75, 3.05) is 32.7 Å². The smallest absolute Gasteiger partial charge is 0.262 e. The van der Waals surface area contributed by atoms with E-state index < -0.39 is 37.2 Å². The summed E-state index contributed by atoms with van der Waals surface area (Å²) >= 11 is 0. The van der Waals surface area contributed by atoms with Gasteiger partial charge < -0.3 is 4.74 Å². The molecule has 1 aromatic heterocycles. The third-order valence-corrected chi connectivity index (χ3v) is 10.7. The lowest BCUT2D eigenvalue weighted by Crippen LogP contribution is -2.59. The minimum atomic E-state index is -4.01. The standard InChI is InChI=1S/C27H35N5O7S2/c1-19(2)41(37,38)32-14-12-31(13-15-32)26(27(33)30-34)17-28-40(35,36)23-10-8-22(9-11-23)39-18-21-16-20(3)29-25-7-5-4-6-24(21)25/h4-11,16,19,26,28,34H,12-15,17-18H2,1-3H3,(H,30,33). The van der Waals surface area contributed by atoms with Crippen LogP contribution in [0.3, 0.4) is 0 Å². The number of aromatic nitrogens is 1. The molecule has 14 heteroatoms. The Morgan fingerprint density at radius 3 is 2.32 bits per heavy atom. The number of rotatable bonds is 11. The predicted octanol–water partition coefficient (Wildman–Crippen LogP) is 1.63. The molecular formula is C27H35N5O7S2. The van der Waals surface area contributed by atoms with Crippen LogP contribution in [-0.4, -0.2) is 86.2 Å². The minimum absolute atomic E-state index is 0.0222. The summed E-state index contributed by atoms with van der Waals surface area (Å²) in [7, 11) is -7.46. The third-order valence-electron chi connectivity index (χ3n) is 7.01. The highest BCUT2D eigenvalue weighted by molar-refractivity contribution is 7.89. The molecule has 2 heterocycles. The summed E-state index contributed by atoms with van der Waals surface area (Å²) in [4.78, 5) is 18.5. The normalized spacial score (nSPS) is 16.1. The van der Waals surface area contributed by atoms with Crippen LogP contribution in [0.5, 0.6) is 5.75 Å². The highest BCUT2D eigenvalue weighted by atomic mass is 32.2. The molecule has 4 rings (SSSR count). The van der Waals surface area contributed by atoms with Crippen molar-refractivity contribution in [3.05, 3.63) is 65.9 Å². The van der Waals surface area contributed by atoms with Gasteiger partial charge in [-0.05, 0) is 57.2 Å². The maximum absolute atomic E-state index is 13.0. The van der Waals surface area contributed by atoms with Crippen molar-refractivity contribution in [2.45, 2.75) is 43.6 Å². The predicted molar refractivity (Wildman–Crippen MR) is 153 cm³/mol. The van der Waals surface area contributed by atoms with Crippen molar-refractivity contribution >= 4 is 36.9 Å². The number of pyridine rings is 1. The van der Waals surface area contributed by atoms with E-state index in [2.05, 4.69) is 9.71 Å². The van der Waals surface area contributed by atoms with E-state index in [4.69, 9.17) is 4.74 Å². The van der Waals surface area contributed by atoms with E-state index in [1.807, 2.05) is 37.3 Å². The number of carbonyl (C=O) groups is 1. The number of ether oxygens (including phenoxy) is 1. The Morgan fingerprint density at radius 2 is 1.68 bits per heavy atom. The van der Waals surface area contributed by atoms with Crippen molar-refractivity contribution in [1.29, 1.82) is 0 Å². The summed E-state index contributed by atoms with van der Waals surface area (Å²) in [5.41, 5.74) is 4.28. The van der Waals surface area contributed by atoms with Crippen LogP contribution in [0.2, 0.25) is 0 Å². The fourth-order valence-corrected chi connectivity index (χ4v) is 7.00. The molecule has 12 nitrogen and oxygen atoms in total. The average molecular weight is 606 g/mol. The quantitative estimate of drug-likeness (QED) is 0.218. The van der Waals surface area contributed by atoms with E-state index in [0.717, 1.165) is 22.2 Å². The van der Waals surface area contributed by atoms with Crippen LogP contribution in [0.25, 0.3) is 10.9 Å². The zero-order chi connectivity index (χ0) is 29.8. The zero-order valence-electron chi connectivity index (χ0n) is 23.1. The monoisotopic (exact) mass is 605 g/mol. The van der Waals surface area contributed by atoms with E-state index in [-0.39, 0.29) is 44.2 Å². The van der Waals surface area contributed by atoms with Crippen LogP contribution in [0.15, 0.2) is 59.5 Å². The van der Waals surface area contributed by atoms with Crippen molar-refractivity contribution in [3.63, 3.8) is 0 Å². The van der Waals surface area contributed by atoms with Gasteiger partial charge in [0.2, 0.25) is 20.0 Å². The van der Waals surface area contributed by atoms with Crippen LogP contribution >= 0.6 is 0 Å². The number of para-hydroxylation sites is 1. The SMILES string of the molecule is Cc1cc(COc2ccc(S(=O)(=O)NCC(C(=O)NO)N3CCN(S(=O)(=O)C(C)C)CC3)cc2)c2ccccc2n1. The van der Waals surface area contributed by atoms with Gasteiger partial charge in [0, 0.05) is 49.4 Å². The Labute approximate surface area is 240 Å². The Hall–Kier alpha value is -3.14. The van der Waals surface area contributed by atoms with E-state index in [1.54, 1.807) is 36.4 Å². The van der Waals surface area contributed by atoms with E-state index >= 15 is 0 Å². The molecule has 41 heavy (non-hydrogen) atoms. The largest absolute Gasteiger partial charge is 0.489 e. The number of aryl methyl sites for hydroxylation is 1. The van der Waals surface area contributed by atoms with Crippen LogP contribution in [0, 0.1) is 6.92 Å². The van der Waals surface area contributed by atoms with Gasteiger partial charge in [0.1, 0.15) is 18.4 Å². The van der Waals surface area contributed by atoms with Gasteiger partial charge in [0.25, 0.3) is 5.91 Å². The molecule has 3 N–H and O–H groups in total. The number of carbonyl (C=O) groups excluding carboxylic acids is 1. The molecule has 0 aliphatic carbocycles. The Morgan fingerprint density at radius 1 is 1.02 bits per heavy atom. The molecule has 0 bridgehead atoms. The summed E-state index contributed by atoms with van der Waals surface area (Å²) in [6.45, 7) is 5.76. The molecule has 1 saturated heterocycles. The van der Waals surface area contributed by atoms with Gasteiger partial charge in [0.05, 0.1) is 15.7 Å². The van der Waals surface area contributed by atoms with Crippen LogP contribution in [-0.2, 0) is 31.4 Å². The van der Waals surface area contributed by atoms with E-state index in [0.29, 0.717) is 5.75 Å². The number of benzene rings is 2. The minimum Gasteiger partial charge on any atom is -0.489 e. The second-order valence-corrected chi connectivity index (χ2v) is 14.3. The lowest BCUT2D eigenvalue weighted by Gasteiger charge is -2.38. The fraction of sp³-hybridized carbons (Fsp3) is 0.407. The molecule has 3 aromatic rings. The van der Waals surface area contributed by atoms with Gasteiger partial charge in [-0.25, -0.2) is 27.0 Å². The van der Waals surface area contributed by atoms with Gasteiger partial charge >= 0.3 is 0 Å². The Kier molecular flexibility index (Phi) is 9.62. The third kappa shape index (κ3) is 7.20. The molecule has 1 aliphatic rings. The number of hydrogen-bond acceptors (Lipinski definition) is 9. The van der Waals surface area contributed by atoms with Crippen molar-refractivity contribution in [1.82, 2.24) is 24.4 Å². The van der Waals surface area contributed by atoms with Crippen molar-refractivity contribution in [2.24, 2.45) is 0 Å². The van der Waals surface area contributed by atoms with E-state index in [9.17, 15) is 26.8 Å². The maximum Gasteiger partial charge on any atom is 0.262 e. The Bertz CT molecular complexity index is 1590. The summed E-state index contributed by atoms with van der Waals surface area (Å²) < 4.78 is 60.6. The van der Waals surface area contributed by atoms with Gasteiger partial charge in [-0.3, -0.25) is 19.9 Å². The maximum atomic E-state index is 13.0. The number of amides is 1. The number of hydroxylamine groups is 1. The second-order valence-electron chi connectivity index (χ2n) is 10.1. The molecule has 1 aliphatic heterocycles. The molecule has 0 saturated carbocycles. The van der Waals surface area contributed by atoms with Crippen molar-refractivity contribution < 1.29 is 31.6 Å². The first kappa shape index (κ1) is 30.8. The highest BCUT2D eigenvalue weighted by Gasteiger charge is 2.34. The second kappa shape index (κ2) is 12.8. The van der Waals surface area contributed by atoms with Gasteiger partial charge in [-0.15, -0.1) is 0 Å². The van der Waals surface area contributed by atoms with Crippen LogP contribution < -0.4 is 14.9 Å². The van der Waals surface area contributed by atoms with Crippen LogP contribution in [0.4, 0.5) is 0 Å². The van der Waals surface area contributed by atoms with Crippen LogP contribution in [0.1, 0.15) is 25.1 Å².